The van der Waals surface area contributed by atoms with E-state index in [1.807, 2.05) is 49.4 Å². The Balaban J connectivity index is 1.40. The molecular formula is C21H22N2O4. The van der Waals surface area contributed by atoms with Crippen molar-refractivity contribution in [1.82, 2.24) is 5.32 Å². The maximum Gasteiger partial charge on any atom is 0.240 e. The number of rotatable bonds is 6. The highest BCUT2D eigenvalue weighted by molar-refractivity contribution is 6.13. The van der Waals surface area contributed by atoms with Gasteiger partial charge in [-0.2, -0.15) is 0 Å². The molecular weight excluding hydrogens is 344 g/mol. The number of hydrogen-bond donors (Lipinski definition) is 2. The molecule has 2 aromatic carbocycles. The zero-order valence-corrected chi connectivity index (χ0v) is 15.2. The maximum atomic E-state index is 12.8. The first kappa shape index (κ1) is 17.4. The van der Waals surface area contributed by atoms with E-state index >= 15 is 0 Å². The maximum absolute atomic E-state index is 12.8. The monoisotopic (exact) mass is 366 g/mol. The third-order valence-electron chi connectivity index (χ3n) is 5.16. The fourth-order valence-electron chi connectivity index (χ4n) is 3.28. The van der Waals surface area contributed by atoms with Crippen LogP contribution in [-0.2, 0) is 22.6 Å². The molecule has 2 N–H and O–H groups in total. The van der Waals surface area contributed by atoms with Crippen LogP contribution in [0, 0.1) is 5.41 Å². The van der Waals surface area contributed by atoms with Gasteiger partial charge in [0.05, 0.1) is 0 Å². The zero-order chi connectivity index (χ0) is 18.9. The normalized spacial score (nSPS) is 15.9. The van der Waals surface area contributed by atoms with Gasteiger partial charge in [0.15, 0.2) is 11.5 Å². The van der Waals surface area contributed by atoms with E-state index in [0.29, 0.717) is 30.9 Å². The molecule has 1 saturated carbocycles. The predicted octanol–water partition coefficient (Wildman–Crippen LogP) is 3.01. The molecule has 0 bridgehead atoms. The van der Waals surface area contributed by atoms with Crippen LogP contribution in [-0.4, -0.2) is 18.6 Å². The van der Waals surface area contributed by atoms with Crippen molar-refractivity contribution in [3.8, 4) is 11.5 Å². The summed E-state index contributed by atoms with van der Waals surface area (Å²) in [5.41, 5.74) is 1.78. The van der Waals surface area contributed by atoms with Gasteiger partial charge in [0, 0.05) is 12.2 Å². The Bertz CT molecular complexity index is 890. The fourth-order valence-corrected chi connectivity index (χ4v) is 3.28. The van der Waals surface area contributed by atoms with Gasteiger partial charge in [0.2, 0.25) is 18.6 Å². The van der Waals surface area contributed by atoms with Crippen molar-refractivity contribution in [2.24, 2.45) is 5.41 Å². The topological polar surface area (TPSA) is 76.7 Å². The summed E-state index contributed by atoms with van der Waals surface area (Å²) in [7, 11) is 0. The average Bonchev–Trinajstić information content (AvgIpc) is 3.38. The van der Waals surface area contributed by atoms with Crippen LogP contribution in [0.3, 0.4) is 0 Å². The third kappa shape index (κ3) is 3.35. The van der Waals surface area contributed by atoms with E-state index < -0.39 is 5.41 Å². The van der Waals surface area contributed by atoms with Crippen LogP contribution in [0.15, 0.2) is 42.5 Å². The van der Waals surface area contributed by atoms with Crippen LogP contribution in [0.5, 0.6) is 11.5 Å². The molecule has 1 heterocycles. The van der Waals surface area contributed by atoms with Crippen molar-refractivity contribution < 1.29 is 19.1 Å². The lowest BCUT2D eigenvalue weighted by molar-refractivity contribution is -0.134. The van der Waals surface area contributed by atoms with E-state index in [-0.39, 0.29) is 18.6 Å². The lowest BCUT2D eigenvalue weighted by Gasteiger charge is -2.17. The van der Waals surface area contributed by atoms with Gasteiger partial charge in [0.1, 0.15) is 5.41 Å². The smallest absolute Gasteiger partial charge is 0.240 e. The molecule has 1 fully saturated rings. The average molecular weight is 366 g/mol. The number of carbonyl (C=O) groups excluding carboxylic acids is 2. The summed E-state index contributed by atoms with van der Waals surface area (Å²) >= 11 is 0. The van der Waals surface area contributed by atoms with Crippen LogP contribution < -0.4 is 20.1 Å². The molecule has 2 aliphatic rings. The first-order valence-corrected chi connectivity index (χ1v) is 9.18. The fraction of sp³-hybridized carbons (Fsp3) is 0.333. The van der Waals surface area contributed by atoms with Crippen molar-refractivity contribution >= 4 is 17.5 Å². The molecule has 4 rings (SSSR count). The highest BCUT2D eigenvalue weighted by atomic mass is 16.7. The lowest BCUT2D eigenvalue weighted by atomic mass is 10.0. The number of hydrogen-bond acceptors (Lipinski definition) is 4. The van der Waals surface area contributed by atoms with Crippen LogP contribution in [0.1, 0.15) is 30.9 Å². The molecule has 140 valence electrons. The second-order valence-corrected chi connectivity index (χ2v) is 6.92. The predicted molar refractivity (Wildman–Crippen MR) is 101 cm³/mol. The number of ether oxygens (including phenoxy) is 2. The summed E-state index contributed by atoms with van der Waals surface area (Å²) in [4.78, 5) is 25.5. The molecule has 6 heteroatoms. The van der Waals surface area contributed by atoms with Gasteiger partial charge < -0.3 is 20.1 Å². The number of nitrogens with one attached hydrogen (secondary N) is 2. The lowest BCUT2D eigenvalue weighted by Crippen LogP contribution is -2.39. The van der Waals surface area contributed by atoms with E-state index in [4.69, 9.17) is 9.47 Å². The van der Waals surface area contributed by atoms with Crippen LogP contribution in [0.2, 0.25) is 0 Å². The van der Waals surface area contributed by atoms with E-state index in [9.17, 15) is 9.59 Å². The molecule has 0 radical (unpaired) electrons. The summed E-state index contributed by atoms with van der Waals surface area (Å²) in [6.45, 7) is 2.60. The SMILES string of the molecule is CCc1ccccc1NC(=O)C1(C(=O)NCc2ccc3c(c2)OCO3)CC1. The summed E-state index contributed by atoms with van der Waals surface area (Å²) in [6.07, 6.45) is 1.96. The molecule has 6 nitrogen and oxygen atoms in total. The highest BCUT2D eigenvalue weighted by Gasteiger charge is 2.56. The Labute approximate surface area is 157 Å². The quantitative estimate of drug-likeness (QED) is 0.771. The van der Waals surface area contributed by atoms with Crippen molar-refractivity contribution in [3.63, 3.8) is 0 Å². The number of anilines is 1. The van der Waals surface area contributed by atoms with Crippen LogP contribution in [0.25, 0.3) is 0 Å². The van der Waals surface area contributed by atoms with Gasteiger partial charge in [-0.05, 0) is 48.6 Å². The molecule has 1 aliphatic carbocycles. The van der Waals surface area contributed by atoms with Gasteiger partial charge in [-0.15, -0.1) is 0 Å². The highest BCUT2D eigenvalue weighted by Crippen LogP contribution is 2.47. The van der Waals surface area contributed by atoms with E-state index in [0.717, 1.165) is 23.2 Å². The second kappa shape index (κ2) is 6.95. The molecule has 2 amide bonds. The zero-order valence-electron chi connectivity index (χ0n) is 15.2. The largest absolute Gasteiger partial charge is 0.454 e. The summed E-state index contributed by atoms with van der Waals surface area (Å²) in [6, 6.07) is 13.2. The molecule has 0 saturated heterocycles. The number of aryl methyl sites for hydroxylation is 1. The van der Waals surface area contributed by atoms with Crippen molar-refractivity contribution in [1.29, 1.82) is 0 Å². The number of para-hydroxylation sites is 1. The number of fused-ring (bicyclic) bond motifs is 1. The number of benzene rings is 2. The van der Waals surface area contributed by atoms with Gasteiger partial charge >= 0.3 is 0 Å². The number of carbonyl (C=O) groups is 2. The van der Waals surface area contributed by atoms with Gasteiger partial charge in [-0.3, -0.25) is 9.59 Å². The van der Waals surface area contributed by atoms with Crippen molar-refractivity contribution in [2.75, 3.05) is 12.1 Å². The summed E-state index contributed by atoms with van der Waals surface area (Å²) in [5, 5.41) is 5.83. The van der Waals surface area contributed by atoms with Crippen LogP contribution in [0.4, 0.5) is 5.69 Å². The minimum atomic E-state index is -0.961. The van der Waals surface area contributed by atoms with E-state index in [2.05, 4.69) is 10.6 Å². The Morgan fingerprint density at radius 2 is 1.81 bits per heavy atom. The molecule has 2 aromatic rings. The first-order valence-electron chi connectivity index (χ1n) is 9.18. The molecule has 0 aromatic heterocycles. The minimum Gasteiger partial charge on any atom is -0.454 e. The second-order valence-electron chi connectivity index (χ2n) is 6.92. The van der Waals surface area contributed by atoms with Crippen LogP contribution >= 0.6 is 0 Å². The van der Waals surface area contributed by atoms with Gasteiger partial charge in [0.25, 0.3) is 0 Å². The standard InChI is InChI=1S/C21H22N2O4/c1-2-15-5-3-4-6-16(15)23-20(25)21(9-10-21)19(24)22-12-14-7-8-17-18(11-14)27-13-26-17/h3-8,11H,2,9-10,12-13H2,1H3,(H,22,24)(H,23,25). The first-order chi connectivity index (χ1) is 13.1. The number of amides is 2. The molecule has 1 aliphatic heterocycles. The molecule has 0 atom stereocenters. The summed E-state index contributed by atoms with van der Waals surface area (Å²) in [5.74, 6) is 0.924. The van der Waals surface area contributed by atoms with E-state index in [1.165, 1.54) is 0 Å². The molecule has 0 spiro atoms. The Hall–Kier alpha value is -3.02. The Morgan fingerprint density at radius 1 is 1.04 bits per heavy atom. The van der Waals surface area contributed by atoms with Gasteiger partial charge in [-0.25, -0.2) is 0 Å². The Morgan fingerprint density at radius 3 is 2.59 bits per heavy atom. The molecule has 27 heavy (non-hydrogen) atoms. The third-order valence-corrected chi connectivity index (χ3v) is 5.16. The minimum absolute atomic E-state index is 0.216. The van der Waals surface area contributed by atoms with Crippen molar-refractivity contribution in [2.45, 2.75) is 32.7 Å². The van der Waals surface area contributed by atoms with Gasteiger partial charge in [-0.1, -0.05) is 31.2 Å². The molecule has 0 unspecified atom stereocenters. The summed E-state index contributed by atoms with van der Waals surface area (Å²) < 4.78 is 10.6. The Kier molecular flexibility index (Phi) is 4.48. The van der Waals surface area contributed by atoms with Crippen molar-refractivity contribution in [3.05, 3.63) is 53.6 Å². The van der Waals surface area contributed by atoms with E-state index in [1.54, 1.807) is 0 Å².